The minimum Gasteiger partial charge on any atom is -0.387 e. The van der Waals surface area contributed by atoms with Gasteiger partial charge in [-0.15, -0.1) is 0 Å². The molecule has 54 heteroatoms. The smallest absolute Gasteiger partial charge is 0.387 e. The summed E-state index contributed by atoms with van der Waals surface area (Å²) in [5.74, 6) is 0. The Labute approximate surface area is 505 Å². The van der Waals surface area contributed by atoms with Crippen LogP contribution in [0.5, 0.6) is 0 Å². The van der Waals surface area contributed by atoms with Gasteiger partial charge in [-0.3, -0.25) is 27.3 Å². The fraction of sp³-hybridized carbons (Fsp3) is 1.00. The molecule has 0 saturated carbocycles. The lowest BCUT2D eigenvalue weighted by Gasteiger charge is -2.51. The largest absolute Gasteiger partial charge is 0.397 e. The van der Waals surface area contributed by atoms with E-state index < -0.39 is 286 Å². The van der Waals surface area contributed by atoms with Crippen LogP contribution in [0, 0.1) is 0 Å². The molecule has 0 aromatic rings. The zero-order valence-electron chi connectivity index (χ0n) is 44.3. The normalized spacial score (nSPS) is 44.9. The first-order chi connectivity index (χ1) is 41.3. The maximum atomic E-state index is 11.8. The Hall–Kier alpha value is -1.74. The minimum atomic E-state index is -5.59. The topological polar surface area (TPSA) is 735 Å². The van der Waals surface area contributed by atoms with Gasteiger partial charge in [0.15, 0.2) is 37.7 Å². The molecule has 0 unspecified atom stereocenters. The van der Waals surface area contributed by atoms with E-state index in [1.165, 1.54) is 0 Å². The zero-order valence-corrected chi connectivity index (χ0v) is 49.2. The first-order valence-electron chi connectivity index (χ1n) is 25.0. The average Bonchev–Trinajstić information content (AvgIpc) is 0.784. The van der Waals surface area contributed by atoms with Crippen LogP contribution in [-0.2, 0) is 144 Å². The van der Waals surface area contributed by atoms with Crippen LogP contribution in [0.25, 0.3) is 0 Å². The second kappa shape index (κ2) is 29.5. The molecule has 22 rings (SSSR count). The highest BCUT2D eigenvalue weighted by molar-refractivity contribution is 7.82. The Kier molecular flexibility index (Phi) is 24.8. The van der Waals surface area contributed by atoms with E-state index in [1.807, 2.05) is 0 Å². The zero-order chi connectivity index (χ0) is 67.3. The molecule has 22 saturated heterocycles. The first-order valence-corrected chi connectivity index (χ1v) is 33.2. The van der Waals surface area contributed by atoms with Crippen molar-refractivity contribution in [2.45, 2.75) is 184 Å². The maximum Gasteiger partial charge on any atom is 0.397 e. The van der Waals surface area contributed by atoms with Crippen molar-refractivity contribution < 1.29 is 221 Å². The number of aliphatic hydroxyl groups excluding tert-OH is 12. The van der Waals surface area contributed by atoms with Gasteiger partial charge in [0.2, 0.25) is 0 Å². The van der Waals surface area contributed by atoms with Crippen LogP contribution < -0.4 is 0 Å². The van der Waals surface area contributed by atoms with E-state index in [1.54, 1.807) is 0 Å². The van der Waals surface area contributed by atoms with E-state index in [9.17, 15) is 139 Å². The molecule has 0 aromatic carbocycles. The Morgan fingerprint density at radius 3 is 0.411 bits per heavy atom. The van der Waals surface area contributed by atoms with Crippen LogP contribution in [0.4, 0.5) is 0 Å². The van der Waals surface area contributed by atoms with Crippen LogP contribution in [0.3, 0.4) is 0 Å². The number of rotatable bonds is 18. The van der Waals surface area contributed by atoms with Crippen LogP contribution in [0.15, 0.2) is 0 Å². The van der Waals surface area contributed by atoms with Gasteiger partial charge in [0.05, 0.1) is 39.6 Å². The van der Waals surface area contributed by atoms with Gasteiger partial charge in [-0.1, -0.05) is 0 Å². The molecule has 48 nitrogen and oxygen atoms in total. The lowest BCUT2D eigenvalue weighted by molar-refractivity contribution is -0.403. The molecule has 0 radical (unpaired) electrons. The average molecular weight is 1450 g/mol. The maximum absolute atomic E-state index is 11.8. The highest BCUT2D eigenvalue weighted by Gasteiger charge is 2.60. The van der Waals surface area contributed by atoms with Crippen molar-refractivity contribution in [3.63, 3.8) is 0 Å². The van der Waals surface area contributed by atoms with Crippen molar-refractivity contribution in [1.29, 1.82) is 0 Å². The predicted molar refractivity (Wildman–Crippen MR) is 258 cm³/mol. The molecule has 528 valence electrons. The number of hydrogen-bond acceptors (Lipinski definition) is 42. The van der Waals surface area contributed by atoms with Crippen molar-refractivity contribution in [1.82, 2.24) is 0 Å². The fourth-order valence-electron chi connectivity index (χ4n) is 9.77. The monoisotopic (exact) mass is 1450 g/mol. The number of hydrogen-bond donors (Lipinski definition) is 18. The summed E-state index contributed by atoms with van der Waals surface area (Å²) < 4.78 is 292. The second-order valence-electron chi connectivity index (χ2n) is 20.0. The van der Waals surface area contributed by atoms with Gasteiger partial charge >= 0.3 is 62.4 Å². The lowest BCUT2D eigenvalue weighted by atomic mass is 9.94. The summed E-state index contributed by atoms with van der Waals surface area (Å²) in [5.41, 5.74) is 0. The summed E-state index contributed by atoms with van der Waals surface area (Å²) in [4.78, 5) is 0. The van der Waals surface area contributed by atoms with Crippen molar-refractivity contribution in [2.75, 3.05) is 39.6 Å². The summed E-state index contributed by atoms with van der Waals surface area (Å²) >= 11 is 0. The van der Waals surface area contributed by atoms with Crippen molar-refractivity contribution in [3.8, 4) is 0 Å². The number of ether oxygens (including phenoxy) is 12. The molecular formula is C36H60O48S6. The van der Waals surface area contributed by atoms with E-state index in [2.05, 4.69) is 25.1 Å². The molecule has 90 heavy (non-hydrogen) atoms. The van der Waals surface area contributed by atoms with E-state index in [-0.39, 0.29) is 0 Å². The SMILES string of the molecule is O=S(=O)(O)OC[C@H]1O[C@@H]2O[C@H]3[C@H](O)[C@@H](O)[C@@H](O[C@H]4[C@H](O)[C@@H](O)[C@@H](O[C@H]5[C@H](O)[C@@H](O)[C@@H](O[C@H]6[C@H](O)[C@@H](O)[C@@H](O[C@H]7[C@H](O)[C@@H](O)[C@@H](O[C@H]1[C@H](O)[C@H]2O)O[C@@H]7COS(=O)(=O)O)O[C@@H]6COS(=O)(=O)O)O[C@@H]5COS(=O)(=O)O)O[C@@H]4COS(=O)(=O)O)O[C@@H]3COS(=O)(=O)O. The summed E-state index contributed by atoms with van der Waals surface area (Å²) in [7, 11) is -33.5. The van der Waals surface area contributed by atoms with Crippen LogP contribution >= 0.6 is 0 Å². The molecule has 22 aliphatic rings. The van der Waals surface area contributed by atoms with E-state index >= 15 is 0 Å². The summed E-state index contributed by atoms with van der Waals surface area (Å²) in [6.07, 6.45) is -77.2. The van der Waals surface area contributed by atoms with Gasteiger partial charge in [0, 0.05) is 0 Å². The molecule has 12 bridgehead atoms. The Morgan fingerprint density at radius 2 is 0.311 bits per heavy atom. The molecular weight excluding hydrogens is 1390 g/mol. The van der Waals surface area contributed by atoms with Gasteiger partial charge in [-0.25, -0.2) is 25.1 Å². The Balaban J connectivity index is 1.33. The van der Waals surface area contributed by atoms with E-state index in [0.717, 1.165) is 0 Å². The van der Waals surface area contributed by atoms with E-state index in [0.29, 0.717) is 0 Å². The third-order valence-corrected chi connectivity index (χ3v) is 16.5. The quantitative estimate of drug-likeness (QED) is 0.0567. The van der Waals surface area contributed by atoms with Crippen LogP contribution in [-0.4, -0.2) is 363 Å². The van der Waals surface area contributed by atoms with Crippen molar-refractivity contribution in [2.24, 2.45) is 0 Å². The van der Waals surface area contributed by atoms with Crippen LogP contribution in [0.1, 0.15) is 0 Å². The molecule has 18 N–H and O–H groups in total. The minimum absolute atomic E-state index is 1.58. The molecule has 22 aliphatic heterocycles. The van der Waals surface area contributed by atoms with Gasteiger partial charge in [-0.05, 0) is 0 Å². The summed E-state index contributed by atoms with van der Waals surface area (Å²) in [6.45, 7) is -9.47. The third-order valence-electron chi connectivity index (χ3n) is 13.9. The molecule has 22 heterocycles. The Bertz CT molecular complexity index is 2560. The first kappa shape index (κ1) is 75.6. The predicted octanol–water partition coefficient (Wildman–Crippen LogP) is -14.1. The summed E-state index contributed by atoms with van der Waals surface area (Å²) in [5, 5.41) is 138. The molecule has 0 aliphatic carbocycles. The standard InChI is InChI=1S/C36H60O48S6/c37-13-19(43)31-73-7(1-67-85(49,50)51)25(13)79-32-20(44)14(38)27(9(74-32)3-69-87(55,56)57)81-34-22(46)16(40)29(11(76-34)5-71-89(61,62)63)83-36-24(48)18(42)30(12(78-36)6-72-90(64,65)66)84-35-23(47)17(41)28(10(77-35)4-70-88(58,59)60)82-33-21(45)15(39)26(80-31)8(75-33)2-68-86(52,53)54/h7-48H,1-6H2,(H,49,50,51)(H,52,53,54)(H,55,56,57)(H,58,59,60)(H,61,62,63)(H,64,65,66)/t7-,8-,9-,10-,11-,12-,13-,14-,15-,16-,17-,18-,19-,20-,21-,22-,23-,24-,25-,26-,27-,28-,29-,30-,31-,32-,33-,34-,35-,36-/m1/s1. The van der Waals surface area contributed by atoms with Gasteiger partial charge < -0.3 is 118 Å². The van der Waals surface area contributed by atoms with Gasteiger partial charge in [-0.2, -0.15) is 50.5 Å². The highest BCUT2D eigenvalue weighted by atomic mass is 32.3. The third kappa shape index (κ3) is 19.7. The van der Waals surface area contributed by atoms with E-state index in [4.69, 9.17) is 56.8 Å². The van der Waals surface area contributed by atoms with Crippen molar-refractivity contribution in [3.05, 3.63) is 0 Å². The highest BCUT2D eigenvalue weighted by Crippen LogP contribution is 2.39. The number of aliphatic hydroxyl groups is 12. The molecule has 22 fully saturated rings. The molecule has 0 aromatic heterocycles. The molecule has 0 spiro atoms. The van der Waals surface area contributed by atoms with Crippen molar-refractivity contribution >= 4 is 62.4 Å². The lowest BCUT2D eigenvalue weighted by Crippen LogP contribution is -2.69. The van der Waals surface area contributed by atoms with Gasteiger partial charge in [0.25, 0.3) is 0 Å². The summed E-state index contributed by atoms with van der Waals surface area (Å²) in [6, 6.07) is 0. The second-order valence-corrected chi connectivity index (χ2v) is 26.6. The van der Waals surface area contributed by atoms with Crippen LogP contribution in [0.2, 0.25) is 0 Å². The van der Waals surface area contributed by atoms with Gasteiger partial charge in [0.1, 0.15) is 146 Å². The molecule has 0 amide bonds. The fourth-order valence-corrected chi connectivity index (χ4v) is 11.6. The Morgan fingerprint density at radius 1 is 0.200 bits per heavy atom. The molecule has 30 atom stereocenters.